The van der Waals surface area contributed by atoms with Gasteiger partial charge in [0.05, 0.1) is 12.6 Å². The maximum atomic E-state index is 12.2. The third kappa shape index (κ3) is 3.13. The molecule has 17 heavy (non-hydrogen) atoms. The first kappa shape index (κ1) is 13.8. The smallest absolute Gasteiger partial charge is 0.254 e. The van der Waals surface area contributed by atoms with Gasteiger partial charge in [-0.3, -0.25) is 4.79 Å². The van der Waals surface area contributed by atoms with Crippen molar-refractivity contribution in [1.29, 1.82) is 0 Å². The van der Waals surface area contributed by atoms with Crippen molar-refractivity contribution in [3.8, 4) is 5.75 Å². The molecule has 0 heterocycles. The molecule has 94 valence electrons. The van der Waals surface area contributed by atoms with Crippen LogP contribution >= 0.6 is 11.6 Å². The van der Waals surface area contributed by atoms with Crippen molar-refractivity contribution < 1.29 is 9.53 Å². The molecule has 1 aromatic carbocycles. The van der Waals surface area contributed by atoms with Gasteiger partial charge in [-0.25, -0.2) is 0 Å². The number of hydrogen-bond acceptors (Lipinski definition) is 2. The summed E-state index contributed by atoms with van der Waals surface area (Å²) in [5.74, 6) is 1.09. The maximum absolute atomic E-state index is 12.2. The molecule has 0 aromatic heterocycles. The van der Waals surface area contributed by atoms with E-state index >= 15 is 0 Å². The fraction of sp³-hybridized carbons (Fsp3) is 0.462. The van der Waals surface area contributed by atoms with E-state index in [9.17, 15) is 4.79 Å². The summed E-state index contributed by atoms with van der Waals surface area (Å²) in [5, 5.41) is 0. The van der Waals surface area contributed by atoms with Gasteiger partial charge in [0.2, 0.25) is 0 Å². The topological polar surface area (TPSA) is 29.5 Å². The van der Waals surface area contributed by atoms with Crippen molar-refractivity contribution in [1.82, 2.24) is 4.90 Å². The summed E-state index contributed by atoms with van der Waals surface area (Å²) in [5.41, 5.74) is 0.268. The van der Waals surface area contributed by atoms with E-state index in [1.807, 2.05) is 13.8 Å². The Hall–Kier alpha value is -1.22. The number of halogens is 1. The number of carbonyl (C=O) groups excluding carboxylic acids is 1. The largest absolute Gasteiger partial charge is 0.497 e. The molecule has 0 bridgehead atoms. The molecule has 3 nitrogen and oxygen atoms in total. The summed E-state index contributed by atoms with van der Waals surface area (Å²) in [4.78, 5) is 13.8. The van der Waals surface area contributed by atoms with E-state index in [1.165, 1.54) is 0 Å². The molecule has 1 amide bonds. The molecule has 0 radical (unpaired) electrons. The molecule has 0 atom stereocenters. The first-order chi connectivity index (χ1) is 7.92. The lowest BCUT2D eigenvalue weighted by Gasteiger charge is -2.34. The predicted octanol–water partition coefficient (Wildman–Crippen LogP) is 2.78. The fourth-order valence-electron chi connectivity index (χ4n) is 1.29. The summed E-state index contributed by atoms with van der Waals surface area (Å²) in [6.45, 7) is 3.86. The van der Waals surface area contributed by atoms with Gasteiger partial charge >= 0.3 is 0 Å². The molecule has 0 aliphatic rings. The second-order valence-electron chi connectivity index (χ2n) is 4.54. The quantitative estimate of drug-likeness (QED) is 0.775. The number of hydrogen-bond donors (Lipinski definition) is 0. The molecule has 0 spiro atoms. The summed E-state index contributed by atoms with van der Waals surface area (Å²) in [7, 11) is 3.36. The number of ether oxygens (including phenoxy) is 1. The number of rotatable bonds is 4. The SMILES string of the molecule is COc1ccc(C(=O)N(C)C(C)(C)CCl)cc1. The highest BCUT2D eigenvalue weighted by molar-refractivity contribution is 6.18. The minimum atomic E-state index is -0.363. The molecular weight excluding hydrogens is 238 g/mol. The van der Waals surface area contributed by atoms with Crippen molar-refractivity contribution in [2.75, 3.05) is 20.0 Å². The third-order valence-corrected chi connectivity index (χ3v) is 3.53. The van der Waals surface area contributed by atoms with Gasteiger partial charge in [0.25, 0.3) is 5.91 Å². The number of methoxy groups -OCH3 is 1. The molecule has 0 N–H and O–H groups in total. The standard InChI is InChI=1S/C13H18ClNO2/c1-13(2,9-14)15(3)12(16)10-5-7-11(17-4)8-6-10/h5-8H,9H2,1-4H3. The molecular formula is C13H18ClNO2. The number of amides is 1. The Morgan fingerprint density at radius 3 is 2.29 bits per heavy atom. The van der Waals surface area contributed by atoms with Crippen LogP contribution in [0.25, 0.3) is 0 Å². The summed E-state index contributed by atoms with van der Waals surface area (Å²) in [6.07, 6.45) is 0. The Morgan fingerprint density at radius 1 is 1.35 bits per heavy atom. The number of alkyl halides is 1. The molecule has 0 fully saturated rings. The normalized spacial score (nSPS) is 11.1. The van der Waals surface area contributed by atoms with Crippen LogP contribution in [-0.2, 0) is 0 Å². The van der Waals surface area contributed by atoms with Crippen LogP contribution in [-0.4, -0.2) is 36.4 Å². The minimum Gasteiger partial charge on any atom is -0.497 e. The minimum absolute atomic E-state index is 0.0432. The Morgan fingerprint density at radius 2 is 1.88 bits per heavy atom. The highest BCUT2D eigenvalue weighted by Gasteiger charge is 2.27. The van der Waals surface area contributed by atoms with Crippen molar-refractivity contribution in [3.63, 3.8) is 0 Å². The zero-order valence-electron chi connectivity index (χ0n) is 10.7. The lowest BCUT2D eigenvalue weighted by molar-refractivity contribution is 0.0660. The van der Waals surface area contributed by atoms with E-state index in [-0.39, 0.29) is 11.4 Å². The van der Waals surface area contributed by atoms with Crippen LogP contribution in [0.4, 0.5) is 0 Å². The number of nitrogens with zero attached hydrogens (tertiary/aromatic N) is 1. The Bertz CT molecular complexity index is 387. The van der Waals surface area contributed by atoms with Crippen LogP contribution in [0.3, 0.4) is 0 Å². The third-order valence-electron chi connectivity index (χ3n) is 2.88. The molecule has 0 unspecified atom stereocenters. The summed E-state index contributed by atoms with van der Waals surface area (Å²) >= 11 is 5.85. The highest BCUT2D eigenvalue weighted by Crippen LogP contribution is 2.19. The van der Waals surface area contributed by atoms with E-state index in [1.54, 1.807) is 43.3 Å². The van der Waals surface area contributed by atoms with Gasteiger partial charge in [-0.2, -0.15) is 0 Å². The van der Waals surface area contributed by atoms with E-state index in [0.29, 0.717) is 11.4 Å². The fourth-order valence-corrected chi connectivity index (χ4v) is 1.47. The van der Waals surface area contributed by atoms with Gasteiger partial charge in [-0.1, -0.05) is 0 Å². The Balaban J connectivity index is 2.89. The molecule has 0 saturated carbocycles. The lowest BCUT2D eigenvalue weighted by Crippen LogP contribution is -2.46. The van der Waals surface area contributed by atoms with E-state index in [0.717, 1.165) is 5.75 Å². The highest BCUT2D eigenvalue weighted by atomic mass is 35.5. The Kier molecular flexibility index (Phi) is 4.40. The van der Waals surface area contributed by atoms with Crippen molar-refractivity contribution in [3.05, 3.63) is 29.8 Å². The average Bonchev–Trinajstić information content (AvgIpc) is 2.37. The van der Waals surface area contributed by atoms with E-state index in [4.69, 9.17) is 16.3 Å². The number of benzene rings is 1. The molecule has 0 aliphatic carbocycles. The lowest BCUT2D eigenvalue weighted by atomic mass is 10.0. The molecule has 0 aliphatic heterocycles. The van der Waals surface area contributed by atoms with Crippen LogP contribution in [0.1, 0.15) is 24.2 Å². The molecule has 1 aromatic rings. The van der Waals surface area contributed by atoms with Gasteiger partial charge in [-0.15, -0.1) is 11.6 Å². The van der Waals surface area contributed by atoms with Gasteiger partial charge < -0.3 is 9.64 Å². The average molecular weight is 256 g/mol. The van der Waals surface area contributed by atoms with Gasteiger partial charge in [0.15, 0.2) is 0 Å². The van der Waals surface area contributed by atoms with Crippen LogP contribution in [0.2, 0.25) is 0 Å². The van der Waals surface area contributed by atoms with Crippen molar-refractivity contribution >= 4 is 17.5 Å². The maximum Gasteiger partial charge on any atom is 0.254 e. The second kappa shape index (κ2) is 5.41. The molecule has 1 rings (SSSR count). The van der Waals surface area contributed by atoms with Gasteiger partial charge in [-0.05, 0) is 38.1 Å². The van der Waals surface area contributed by atoms with Crippen molar-refractivity contribution in [2.24, 2.45) is 0 Å². The van der Waals surface area contributed by atoms with Crippen molar-refractivity contribution in [2.45, 2.75) is 19.4 Å². The predicted molar refractivity (Wildman–Crippen MR) is 69.9 cm³/mol. The van der Waals surface area contributed by atoms with Gasteiger partial charge in [0, 0.05) is 18.5 Å². The van der Waals surface area contributed by atoms with Crippen LogP contribution in [0.15, 0.2) is 24.3 Å². The first-order valence-electron chi connectivity index (χ1n) is 5.40. The summed E-state index contributed by atoms with van der Waals surface area (Å²) < 4.78 is 5.05. The molecule has 0 saturated heterocycles. The monoisotopic (exact) mass is 255 g/mol. The van der Waals surface area contributed by atoms with E-state index < -0.39 is 0 Å². The van der Waals surface area contributed by atoms with Crippen LogP contribution < -0.4 is 4.74 Å². The zero-order valence-corrected chi connectivity index (χ0v) is 11.4. The van der Waals surface area contributed by atoms with Gasteiger partial charge in [0.1, 0.15) is 5.75 Å². The Labute approximate surface area is 107 Å². The van der Waals surface area contributed by atoms with E-state index in [2.05, 4.69) is 0 Å². The molecule has 4 heteroatoms. The van der Waals surface area contributed by atoms with Crippen LogP contribution in [0, 0.1) is 0 Å². The zero-order chi connectivity index (χ0) is 13.1. The summed E-state index contributed by atoms with van der Waals surface area (Å²) in [6, 6.07) is 7.05. The number of carbonyl (C=O) groups is 1. The first-order valence-corrected chi connectivity index (χ1v) is 5.94. The second-order valence-corrected chi connectivity index (χ2v) is 4.81. The van der Waals surface area contributed by atoms with Crippen LogP contribution in [0.5, 0.6) is 5.75 Å².